The van der Waals surface area contributed by atoms with Crippen LogP contribution < -0.4 is 0 Å². The van der Waals surface area contributed by atoms with Crippen molar-refractivity contribution in [2.24, 2.45) is 0 Å². The second kappa shape index (κ2) is 3.98. The van der Waals surface area contributed by atoms with E-state index in [1.807, 2.05) is 6.07 Å². The number of nitrogens with zero attached hydrogens (tertiary/aromatic N) is 1. The first-order valence-electron chi connectivity index (χ1n) is 4.98. The molecule has 0 bridgehead atoms. The molecule has 1 saturated heterocycles. The van der Waals surface area contributed by atoms with Gasteiger partial charge in [-0.3, -0.25) is 9.78 Å². The lowest BCUT2D eigenvalue weighted by atomic mass is 9.77. The highest BCUT2D eigenvalue weighted by Crippen LogP contribution is 2.33. The van der Waals surface area contributed by atoms with Gasteiger partial charge in [-0.2, -0.15) is 0 Å². The number of hydrogen-bond donors (Lipinski definition) is 1. The maximum atomic E-state index is 11.4. The molecule has 4 heteroatoms. The number of hydrogen-bond acceptors (Lipinski definition) is 3. The largest absolute Gasteiger partial charge is 0.481 e. The average Bonchev–Trinajstić information content (AvgIpc) is 2.31. The predicted molar refractivity (Wildman–Crippen MR) is 53.6 cm³/mol. The average molecular weight is 207 g/mol. The summed E-state index contributed by atoms with van der Waals surface area (Å²) in [6.45, 7) is 0.978. The smallest absolute Gasteiger partial charge is 0.315 e. The van der Waals surface area contributed by atoms with E-state index in [-0.39, 0.29) is 0 Å². The van der Waals surface area contributed by atoms with Crippen molar-refractivity contribution in [3.05, 3.63) is 30.1 Å². The molecule has 80 valence electrons. The molecule has 0 amide bonds. The molecule has 1 N–H and O–H groups in total. The molecule has 15 heavy (non-hydrogen) atoms. The minimum absolute atomic E-state index is 0.489. The maximum absolute atomic E-state index is 11.4. The zero-order valence-corrected chi connectivity index (χ0v) is 8.35. The van der Waals surface area contributed by atoms with E-state index in [1.54, 1.807) is 18.3 Å². The molecular weight excluding hydrogens is 194 g/mol. The second-order valence-electron chi connectivity index (χ2n) is 3.71. The van der Waals surface area contributed by atoms with Gasteiger partial charge in [0, 0.05) is 19.4 Å². The van der Waals surface area contributed by atoms with E-state index in [9.17, 15) is 9.90 Å². The van der Waals surface area contributed by atoms with Gasteiger partial charge in [0.25, 0.3) is 0 Å². The Morgan fingerprint density at radius 1 is 1.40 bits per heavy atom. The fourth-order valence-corrected chi connectivity index (χ4v) is 1.95. The minimum atomic E-state index is -0.848. The maximum Gasteiger partial charge on any atom is 0.315 e. The van der Waals surface area contributed by atoms with E-state index in [0.717, 1.165) is 0 Å². The Balaban J connectivity index is 2.38. The number of carbonyl (C=O) groups is 1. The molecule has 1 aliphatic heterocycles. The molecule has 0 aliphatic carbocycles. The van der Waals surface area contributed by atoms with Crippen molar-refractivity contribution in [3.63, 3.8) is 0 Å². The van der Waals surface area contributed by atoms with Gasteiger partial charge in [0.2, 0.25) is 0 Å². The van der Waals surface area contributed by atoms with Crippen LogP contribution >= 0.6 is 0 Å². The molecule has 4 nitrogen and oxygen atoms in total. The molecule has 1 aromatic heterocycles. The summed E-state index contributed by atoms with van der Waals surface area (Å²) in [5.41, 5.74) is -0.208. The quantitative estimate of drug-likeness (QED) is 0.792. The standard InChI is InChI=1S/C11H13NO3/c13-10(14)11(4-7-15-8-5-11)9-3-1-2-6-12-9/h1-3,6H,4-5,7-8H2,(H,13,14). The summed E-state index contributed by atoms with van der Waals surface area (Å²) in [5.74, 6) is -0.801. The van der Waals surface area contributed by atoms with Gasteiger partial charge in [-0.05, 0) is 25.0 Å². The Kier molecular flexibility index (Phi) is 2.68. The molecular formula is C11H13NO3. The van der Waals surface area contributed by atoms with Crippen LogP contribution in [0, 0.1) is 0 Å². The van der Waals surface area contributed by atoms with Gasteiger partial charge in [0.05, 0.1) is 5.69 Å². The van der Waals surface area contributed by atoms with E-state index in [2.05, 4.69) is 4.98 Å². The van der Waals surface area contributed by atoms with Gasteiger partial charge in [0.1, 0.15) is 5.41 Å². The fourth-order valence-electron chi connectivity index (χ4n) is 1.95. The molecule has 0 spiro atoms. The highest BCUT2D eigenvalue weighted by Gasteiger charge is 2.42. The lowest BCUT2D eigenvalue weighted by molar-refractivity contribution is -0.148. The van der Waals surface area contributed by atoms with Crippen LogP contribution in [-0.2, 0) is 14.9 Å². The van der Waals surface area contributed by atoms with Crippen LogP contribution in [0.5, 0.6) is 0 Å². The van der Waals surface area contributed by atoms with Crippen LogP contribution in [0.15, 0.2) is 24.4 Å². The van der Waals surface area contributed by atoms with Crippen LogP contribution in [-0.4, -0.2) is 29.3 Å². The van der Waals surface area contributed by atoms with Gasteiger partial charge in [-0.15, -0.1) is 0 Å². The zero-order chi connectivity index (χ0) is 10.7. The number of aliphatic carboxylic acids is 1. The van der Waals surface area contributed by atoms with Crippen LogP contribution in [0.2, 0.25) is 0 Å². The minimum Gasteiger partial charge on any atom is -0.481 e. The Morgan fingerprint density at radius 3 is 2.67 bits per heavy atom. The lowest BCUT2D eigenvalue weighted by Gasteiger charge is -2.32. The Morgan fingerprint density at radius 2 is 2.13 bits per heavy atom. The molecule has 1 aromatic rings. The van der Waals surface area contributed by atoms with Crippen molar-refractivity contribution in [2.45, 2.75) is 18.3 Å². The summed E-state index contributed by atoms with van der Waals surface area (Å²) < 4.78 is 5.21. The summed E-state index contributed by atoms with van der Waals surface area (Å²) in [5, 5.41) is 9.35. The molecule has 0 aromatic carbocycles. The number of carboxylic acids is 1. The second-order valence-corrected chi connectivity index (χ2v) is 3.71. The van der Waals surface area contributed by atoms with Crippen molar-refractivity contribution in [3.8, 4) is 0 Å². The third-order valence-electron chi connectivity index (χ3n) is 2.91. The zero-order valence-electron chi connectivity index (χ0n) is 8.35. The van der Waals surface area contributed by atoms with Crippen LogP contribution in [0.1, 0.15) is 18.5 Å². The summed E-state index contributed by atoms with van der Waals surface area (Å²) in [6.07, 6.45) is 2.63. The van der Waals surface area contributed by atoms with Gasteiger partial charge in [-0.1, -0.05) is 6.07 Å². The molecule has 2 heterocycles. The van der Waals surface area contributed by atoms with Gasteiger partial charge >= 0.3 is 5.97 Å². The fraction of sp³-hybridized carbons (Fsp3) is 0.455. The lowest BCUT2D eigenvalue weighted by Crippen LogP contribution is -2.41. The molecule has 1 aliphatic rings. The Hall–Kier alpha value is -1.42. The highest BCUT2D eigenvalue weighted by atomic mass is 16.5. The Bertz CT molecular complexity index is 344. The third kappa shape index (κ3) is 1.72. The van der Waals surface area contributed by atoms with Gasteiger partial charge < -0.3 is 9.84 Å². The Labute approximate surface area is 87.9 Å². The van der Waals surface area contributed by atoms with E-state index in [1.165, 1.54) is 0 Å². The van der Waals surface area contributed by atoms with E-state index < -0.39 is 11.4 Å². The summed E-state index contributed by atoms with van der Waals surface area (Å²) in [4.78, 5) is 15.5. The molecule has 1 fully saturated rings. The van der Waals surface area contributed by atoms with Crippen LogP contribution in [0.4, 0.5) is 0 Å². The molecule has 0 saturated carbocycles. The highest BCUT2D eigenvalue weighted by molar-refractivity contribution is 5.80. The third-order valence-corrected chi connectivity index (χ3v) is 2.91. The van der Waals surface area contributed by atoms with Crippen LogP contribution in [0.25, 0.3) is 0 Å². The van der Waals surface area contributed by atoms with Crippen molar-refractivity contribution >= 4 is 5.97 Å². The number of carboxylic acid groups (broad SMARTS) is 1. The van der Waals surface area contributed by atoms with Crippen molar-refractivity contribution in [2.75, 3.05) is 13.2 Å². The van der Waals surface area contributed by atoms with E-state index >= 15 is 0 Å². The van der Waals surface area contributed by atoms with E-state index in [0.29, 0.717) is 31.7 Å². The normalized spacial score (nSPS) is 19.7. The molecule has 0 atom stereocenters. The first-order chi connectivity index (χ1) is 7.26. The number of ether oxygens (including phenoxy) is 1. The van der Waals surface area contributed by atoms with Crippen molar-refractivity contribution < 1.29 is 14.6 Å². The summed E-state index contributed by atoms with van der Waals surface area (Å²) in [6, 6.07) is 5.39. The molecule has 0 unspecified atom stereocenters. The van der Waals surface area contributed by atoms with Gasteiger partial charge in [0.15, 0.2) is 0 Å². The monoisotopic (exact) mass is 207 g/mol. The van der Waals surface area contributed by atoms with Crippen LogP contribution in [0.3, 0.4) is 0 Å². The first-order valence-corrected chi connectivity index (χ1v) is 4.98. The predicted octanol–water partition coefficient (Wildman–Crippen LogP) is 1.21. The summed E-state index contributed by atoms with van der Waals surface area (Å²) in [7, 11) is 0. The summed E-state index contributed by atoms with van der Waals surface area (Å²) >= 11 is 0. The number of pyridine rings is 1. The van der Waals surface area contributed by atoms with Gasteiger partial charge in [-0.25, -0.2) is 0 Å². The van der Waals surface area contributed by atoms with Crippen molar-refractivity contribution in [1.82, 2.24) is 4.98 Å². The number of aromatic nitrogens is 1. The first kappa shape index (κ1) is 10.1. The molecule has 0 radical (unpaired) electrons. The topological polar surface area (TPSA) is 59.4 Å². The SMILES string of the molecule is O=C(O)C1(c2ccccn2)CCOCC1. The molecule has 2 rings (SSSR count). The van der Waals surface area contributed by atoms with E-state index in [4.69, 9.17) is 4.74 Å². The number of rotatable bonds is 2. The van der Waals surface area contributed by atoms with Crippen molar-refractivity contribution in [1.29, 1.82) is 0 Å².